The van der Waals surface area contributed by atoms with Gasteiger partial charge in [0.1, 0.15) is 11.9 Å². The minimum absolute atomic E-state index is 0.132. The Balaban J connectivity index is 2.87. The smallest absolute Gasteiger partial charge is 0.326 e. The van der Waals surface area contributed by atoms with Crippen LogP contribution in [0.2, 0.25) is 0 Å². The predicted octanol–water partition coefficient (Wildman–Crippen LogP) is 2.66. The fraction of sp³-hybridized carbons (Fsp3) is 0.385. The van der Waals surface area contributed by atoms with E-state index in [-0.39, 0.29) is 11.5 Å². The molecule has 0 aliphatic carbocycles. The molecule has 2 N–H and O–H groups in total. The molecule has 19 heavy (non-hydrogen) atoms. The quantitative estimate of drug-likeness (QED) is 0.774. The van der Waals surface area contributed by atoms with Crippen LogP contribution in [0.15, 0.2) is 18.2 Å². The lowest BCUT2D eigenvalue weighted by atomic mass is 10.0. The third-order valence-corrected chi connectivity index (χ3v) is 3.42. The second-order valence-electron chi connectivity index (χ2n) is 4.62. The van der Waals surface area contributed by atoms with E-state index in [4.69, 9.17) is 5.11 Å². The van der Waals surface area contributed by atoms with E-state index in [2.05, 4.69) is 5.32 Å². The summed E-state index contributed by atoms with van der Waals surface area (Å²) in [6.07, 6.45) is 0.326. The molecule has 0 radical (unpaired) electrons. The zero-order chi connectivity index (χ0) is 14.6. The van der Waals surface area contributed by atoms with E-state index in [1.165, 1.54) is 12.1 Å². The standard InChI is InChI=1S/C13H15FINO3/c1-7(2)5-11(13(18)19)16-12(17)9-6-8(14)3-4-10(9)15/h3-4,6-7,11H,5H2,1-2H3,(H,16,17)(H,18,19)/t11-/m0/s1. The summed E-state index contributed by atoms with van der Waals surface area (Å²) in [5.41, 5.74) is 0.149. The maximum atomic E-state index is 13.1. The molecule has 0 saturated carbocycles. The first-order valence-electron chi connectivity index (χ1n) is 5.80. The van der Waals surface area contributed by atoms with E-state index < -0.39 is 23.7 Å². The highest BCUT2D eigenvalue weighted by Gasteiger charge is 2.22. The van der Waals surface area contributed by atoms with Gasteiger partial charge in [-0.1, -0.05) is 13.8 Å². The molecule has 0 aromatic heterocycles. The van der Waals surface area contributed by atoms with Gasteiger partial charge in [0.05, 0.1) is 5.56 Å². The second kappa shape index (κ2) is 6.83. The normalized spacial score (nSPS) is 12.3. The number of amides is 1. The van der Waals surface area contributed by atoms with Gasteiger partial charge in [-0.2, -0.15) is 0 Å². The van der Waals surface area contributed by atoms with Crippen LogP contribution in [0, 0.1) is 15.3 Å². The largest absolute Gasteiger partial charge is 0.480 e. The second-order valence-corrected chi connectivity index (χ2v) is 5.78. The number of hydrogen-bond donors (Lipinski definition) is 2. The van der Waals surface area contributed by atoms with E-state index in [9.17, 15) is 14.0 Å². The summed E-state index contributed by atoms with van der Waals surface area (Å²) < 4.78 is 13.7. The molecule has 1 rings (SSSR count). The first-order chi connectivity index (χ1) is 8.81. The number of hydrogen-bond acceptors (Lipinski definition) is 2. The van der Waals surface area contributed by atoms with Gasteiger partial charge in [0, 0.05) is 3.57 Å². The van der Waals surface area contributed by atoms with Crippen molar-refractivity contribution in [1.82, 2.24) is 5.32 Å². The number of halogens is 2. The zero-order valence-electron chi connectivity index (χ0n) is 10.6. The number of aliphatic carboxylic acids is 1. The van der Waals surface area contributed by atoms with E-state index in [0.717, 1.165) is 6.07 Å². The van der Waals surface area contributed by atoms with Gasteiger partial charge >= 0.3 is 5.97 Å². The number of carbonyl (C=O) groups excluding carboxylic acids is 1. The lowest BCUT2D eigenvalue weighted by Gasteiger charge is -2.17. The van der Waals surface area contributed by atoms with Crippen LogP contribution in [0.1, 0.15) is 30.6 Å². The van der Waals surface area contributed by atoms with Crippen LogP contribution in [0.25, 0.3) is 0 Å². The van der Waals surface area contributed by atoms with Gasteiger partial charge in [-0.05, 0) is 53.1 Å². The first-order valence-corrected chi connectivity index (χ1v) is 6.88. The Bertz CT molecular complexity index is 491. The molecular formula is C13H15FINO3. The van der Waals surface area contributed by atoms with Crippen molar-refractivity contribution in [2.45, 2.75) is 26.3 Å². The van der Waals surface area contributed by atoms with Crippen LogP contribution < -0.4 is 5.32 Å². The maximum Gasteiger partial charge on any atom is 0.326 e. The molecule has 1 aromatic rings. The predicted molar refractivity (Wildman–Crippen MR) is 77.5 cm³/mol. The van der Waals surface area contributed by atoms with Gasteiger partial charge < -0.3 is 10.4 Å². The van der Waals surface area contributed by atoms with Crippen LogP contribution in [-0.2, 0) is 4.79 Å². The van der Waals surface area contributed by atoms with Crippen molar-refractivity contribution in [3.63, 3.8) is 0 Å². The molecule has 0 aliphatic heterocycles. The first kappa shape index (κ1) is 15.9. The molecule has 0 heterocycles. The molecule has 0 bridgehead atoms. The fourth-order valence-electron chi connectivity index (χ4n) is 1.60. The summed E-state index contributed by atoms with van der Waals surface area (Å²) in [4.78, 5) is 23.0. The van der Waals surface area contributed by atoms with Gasteiger partial charge in [0.15, 0.2) is 0 Å². The van der Waals surface area contributed by atoms with E-state index in [1.54, 1.807) is 0 Å². The van der Waals surface area contributed by atoms with Crippen LogP contribution in [0.4, 0.5) is 4.39 Å². The van der Waals surface area contributed by atoms with Crippen LogP contribution >= 0.6 is 22.6 Å². The summed E-state index contributed by atoms with van der Waals surface area (Å²) >= 11 is 1.91. The summed E-state index contributed by atoms with van der Waals surface area (Å²) in [5, 5.41) is 11.5. The summed E-state index contributed by atoms with van der Waals surface area (Å²) in [6, 6.07) is 2.86. The number of carboxylic acid groups (broad SMARTS) is 1. The minimum atomic E-state index is -1.09. The minimum Gasteiger partial charge on any atom is -0.480 e. The molecule has 0 saturated heterocycles. The highest BCUT2D eigenvalue weighted by Crippen LogP contribution is 2.14. The molecule has 0 aliphatic rings. The van der Waals surface area contributed by atoms with Gasteiger partial charge in [-0.15, -0.1) is 0 Å². The highest BCUT2D eigenvalue weighted by atomic mass is 127. The average molecular weight is 379 g/mol. The number of benzene rings is 1. The Kier molecular flexibility index (Phi) is 5.71. The molecule has 1 amide bonds. The molecule has 6 heteroatoms. The number of nitrogens with one attached hydrogen (secondary N) is 1. The third kappa shape index (κ3) is 4.77. The topological polar surface area (TPSA) is 66.4 Å². The number of rotatable bonds is 5. The van der Waals surface area contributed by atoms with Crippen molar-refractivity contribution in [3.8, 4) is 0 Å². The molecule has 0 spiro atoms. The summed E-state index contributed by atoms with van der Waals surface area (Å²) in [5.74, 6) is -2.06. The maximum absolute atomic E-state index is 13.1. The van der Waals surface area contributed by atoms with Crippen LogP contribution in [-0.4, -0.2) is 23.0 Å². The fourth-order valence-corrected chi connectivity index (χ4v) is 2.18. The van der Waals surface area contributed by atoms with Gasteiger partial charge in [0.2, 0.25) is 0 Å². The Hall–Kier alpha value is -1.18. The lowest BCUT2D eigenvalue weighted by Crippen LogP contribution is -2.41. The Morgan fingerprint density at radius 1 is 1.42 bits per heavy atom. The van der Waals surface area contributed by atoms with Crippen molar-refractivity contribution in [3.05, 3.63) is 33.1 Å². The van der Waals surface area contributed by atoms with Crippen molar-refractivity contribution >= 4 is 34.5 Å². The van der Waals surface area contributed by atoms with Crippen molar-refractivity contribution < 1.29 is 19.1 Å². The molecule has 1 atom stereocenters. The van der Waals surface area contributed by atoms with Gasteiger partial charge in [-0.25, -0.2) is 9.18 Å². The molecule has 1 aromatic carbocycles. The molecule has 0 fully saturated rings. The lowest BCUT2D eigenvalue weighted by molar-refractivity contribution is -0.139. The summed E-state index contributed by atoms with van der Waals surface area (Å²) in [7, 11) is 0. The average Bonchev–Trinajstić information content (AvgIpc) is 2.30. The Labute approximate surface area is 124 Å². The number of carboxylic acids is 1. The zero-order valence-corrected chi connectivity index (χ0v) is 12.8. The van der Waals surface area contributed by atoms with Gasteiger partial charge in [0.25, 0.3) is 5.91 Å². The van der Waals surface area contributed by atoms with Crippen molar-refractivity contribution in [1.29, 1.82) is 0 Å². The van der Waals surface area contributed by atoms with E-state index >= 15 is 0 Å². The Morgan fingerprint density at radius 2 is 2.05 bits per heavy atom. The molecular weight excluding hydrogens is 364 g/mol. The molecule has 0 unspecified atom stereocenters. The van der Waals surface area contributed by atoms with Crippen LogP contribution in [0.5, 0.6) is 0 Å². The SMILES string of the molecule is CC(C)C[C@H](NC(=O)c1cc(F)ccc1I)C(=O)O. The monoisotopic (exact) mass is 379 g/mol. The van der Waals surface area contributed by atoms with Crippen LogP contribution in [0.3, 0.4) is 0 Å². The Morgan fingerprint density at radius 3 is 2.58 bits per heavy atom. The van der Waals surface area contributed by atoms with Crippen molar-refractivity contribution in [2.75, 3.05) is 0 Å². The highest BCUT2D eigenvalue weighted by molar-refractivity contribution is 14.1. The number of carbonyl (C=O) groups is 2. The third-order valence-electron chi connectivity index (χ3n) is 2.48. The van der Waals surface area contributed by atoms with E-state index in [1.807, 2.05) is 36.4 Å². The molecule has 104 valence electrons. The van der Waals surface area contributed by atoms with Crippen molar-refractivity contribution in [2.24, 2.45) is 5.92 Å². The van der Waals surface area contributed by atoms with E-state index in [0.29, 0.717) is 9.99 Å². The van der Waals surface area contributed by atoms with Gasteiger partial charge in [-0.3, -0.25) is 4.79 Å². The summed E-state index contributed by atoms with van der Waals surface area (Å²) in [6.45, 7) is 3.74. The molecule has 4 nitrogen and oxygen atoms in total.